The largest absolute Gasteiger partial charge is 0.478 e. The van der Waals surface area contributed by atoms with E-state index in [2.05, 4.69) is 0 Å². The Bertz CT molecular complexity index is 655. The molecule has 9 heteroatoms. The summed E-state index contributed by atoms with van der Waals surface area (Å²) in [5.74, 6) is -4.96. The van der Waals surface area contributed by atoms with Gasteiger partial charge in [0.05, 0.1) is 5.56 Å². The molecule has 1 fully saturated rings. The van der Waals surface area contributed by atoms with E-state index in [-0.39, 0.29) is 25.6 Å². The first-order valence-corrected chi connectivity index (χ1v) is 7.04. The first-order valence-electron chi connectivity index (χ1n) is 5.60. The van der Waals surface area contributed by atoms with Crippen LogP contribution in [0.1, 0.15) is 10.4 Å². The molecule has 0 bridgehead atoms. The van der Waals surface area contributed by atoms with Gasteiger partial charge >= 0.3 is 5.97 Å². The van der Waals surface area contributed by atoms with Gasteiger partial charge < -0.3 is 10.2 Å². The second kappa shape index (κ2) is 5.08. The van der Waals surface area contributed by atoms with E-state index in [1.807, 2.05) is 0 Å². The molecule has 1 heterocycles. The lowest BCUT2D eigenvalue weighted by molar-refractivity contribution is 0.0696. The molecule has 0 unspecified atom stereocenters. The number of carboxylic acid groups (broad SMARTS) is 1. The van der Waals surface area contributed by atoms with Crippen molar-refractivity contribution in [2.24, 2.45) is 5.92 Å². The number of aliphatic hydroxyl groups is 1. The normalized spacial score (nSPS) is 16.9. The summed E-state index contributed by atoms with van der Waals surface area (Å²) < 4.78 is 51.9. The van der Waals surface area contributed by atoms with Gasteiger partial charge in [-0.05, 0) is 12.1 Å². The number of hydrogen-bond acceptors (Lipinski definition) is 4. The van der Waals surface area contributed by atoms with Gasteiger partial charge in [0, 0.05) is 25.6 Å². The predicted molar refractivity (Wildman–Crippen MR) is 62.7 cm³/mol. The van der Waals surface area contributed by atoms with Gasteiger partial charge in [-0.25, -0.2) is 22.0 Å². The third kappa shape index (κ3) is 2.39. The summed E-state index contributed by atoms with van der Waals surface area (Å²) in [4.78, 5) is 9.76. The van der Waals surface area contributed by atoms with E-state index in [1.165, 1.54) is 0 Å². The second-order valence-corrected chi connectivity index (χ2v) is 6.35. The number of rotatable bonds is 4. The first kappa shape index (κ1) is 14.8. The Morgan fingerprint density at radius 1 is 1.35 bits per heavy atom. The van der Waals surface area contributed by atoms with Crippen LogP contribution in [0.4, 0.5) is 8.78 Å². The Labute approximate surface area is 113 Å². The number of sulfonamides is 1. The SMILES string of the molecule is O=C(O)c1cc(F)c(F)c(S(=O)(=O)N2CC(CO)C2)c1. The summed E-state index contributed by atoms with van der Waals surface area (Å²) in [6.45, 7) is -0.244. The van der Waals surface area contributed by atoms with Gasteiger partial charge in [-0.15, -0.1) is 0 Å². The summed E-state index contributed by atoms with van der Waals surface area (Å²) in [6, 6.07) is 1.01. The van der Waals surface area contributed by atoms with Crippen molar-refractivity contribution in [3.63, 3.8) is 0 Å². The van der Waals surface area contributed by atoms with Crippen molar-refractivity contribution >= 4 is 16.0 Å². The average molecular weight is 307 g/mol. The minimum atomic E-state index is -4.31. The van der Waals surface area contributed by atoms with Crippen LogP contribution >= 0.6 is 0 Å². The summed E-state index contributed by atoms with van der Waals surface area (Å²) >= 11 is 0. The topological polar surface area (TPSA) is 94.9 Å². The molecule has 6 nitrogen and oxygen atoms in total. The van der Waals surface area contributed by atoms with Crippen molar-refractivity contribution in [1.82, 2.24) is 4.31 Å². The highest BCUT2D eigenvalue weighted by Gasteiger charge is 2.38. The van der Waals surface area contributed by atoms with Gasteiger partial charge in [-0.3, -0.25) is 0 Å². The van der Waals surface area contributed by atoms with Crippen molar-refractivity contribution in [2.75, 3.05) is 19.7 Å². The summed E-state index contributed by atoms with van der Waals surface area (Å²) in [6.07, 6.45) is 0. The van der Waals surface area contributed by atoms with Crippen LogP contribution in [0.3, 0.4) is 0 Å². The van der Waals surface area contributed by atoms with Gasteiger partial charge in [0.25, 0.3) is 0 Å². The van der Waals surface area contributed by atoms with Crippen molar-refractivity contribution in [3.8, 4) is 0 Å². The zero-order valence-electron chi connectivity index (χ0n) is 10.1. The lowest BCUT2D eigenvalue weighted by atomic mass is 10.1. The number of hydrogen-bond donors (Lipinski definition) is 2. The minimum Gasteiger partial charge on any atom is -0.478 e. The fourth-order valence-electron chi connectivity index (χ4n) is 1.85. The molecule has 0 radical (unpaired) electrons. The molecule has 2 rings (SSSR count). The molecule has 2 N–H and O–H groups in total. The van der Waals surface area contributed by atoms with Gasteiger partial charge in [0.2, 0.25) is 10.0 Å². The van der Waals surface area contributed by atoms with Crippen LogP contribution in [0.25, 0.3) is 0 Å². The third-order valence-corrected chi connectivity index (χ3v) is 4.87. The lowest BCUT2D eigenvalue weighted by Gasteiger charge is -2.36. The van der Waals surface area contributed by atoms with Crippen LogP contribution < -0.4 is 0 Å². The van der Waals surface area contributed by atoms with Crippen molar-refractivity contribution in [3.05, 3.63) is 29.3 Å². The summed E-state index contributed by atoms with van der Waals surface area (Å²) in [7, 11) is -4.31. The summed E-state index contributed by atoms with van der Waals surface area (Å²) in [5, 5.41) is 17.6. The Balaban J connectivity index is 2.44. The maximum absolute atomic E-state index is 13.6. The number of nitrogens with zero attached hydrogens (tertiary/aromatic N) is 1. The van der Waals surface area contributed by atoms with Gasteiger partial charge in [-0.1, -0.05) is 0 Å². The first-order chi connectivity index (χ1) is 9.27. The van der Waals surface area contributed by atoms with E-state index < -0.39 is 38.1 Å². The Morgan fingerprint density at radius 3 is 2.45 bits per heavy atom. The van der Waals surface area contributed by atoms with E-state index in [0.29, 0.717) is 12.1 Å². The van der Waals surface area contributed by atoms with Gasteiger partial charge in [-0.2, -0.15) is 4.31 Å². The molecule has 1 aromatic rings. The highest BCUT2D eigenvalue weighted by atomic mass is 32.2. The van der Waals surface area contributed by atoms with E-state index in [1.54, 1.807) is 0 Å². The molecule has 20 heavy (non-hydrogen) atoms. The quantitative estimate of drug-likeness (QED) is 0.833. The number of benzene rings is 1. The molecular weight excluding hydrogens is 296 g/mol. The number of carbonyl (C=O) groups is 1. The number of carboxylic acids is 1. The molecule has 0 spiro atoms. The smallest absolute Gasteiger partial charge is 0.335 e. The number of halogens is 2. The predicted octanol–water partition coefficient (Wildman–Crippen LogP) is 0.276. The van der Waals surface area contributed by atoms with Gasteiger partial charge in [0.15, 0.2) is 11.6 Å². The molecule has 1 saturated heterocycles. The Morgan fingerprint density at radius 2 is 1.95 bits per heavy atom. The van der Waals surface area contributed by atoms with E-state index in [4.69, 9.17) is 10.2 Å². The van der Waals surface area contributed by atoms with E-state index >= 15 is 0 Å². The monoisotopic (exact) mass is 307 g/mol. The molecule has 0 aromatic heterocycles. The fraction of sp³-hybridized carbons (Fsp3) is 0.364. The standard InChI is InChI=1S/C11H11F2NO5S/c12-8-1-7(11(16)17)2-9(10(8)13)20(18,19)14-3-6(4-14)5-15/h1-2,6,15H,3-5H2,(H,16,17). The number of aliphatic hydroxyl groups excluding tert-OH is 1. The van der Waals surface area contributed by atoms with Crippen LogP contribution in [-0.4, -0.2) is 48.6 Å². The highest BCUT2D eigenvalue weighted by Crippen LogP contribution is 2.28. The third-order valence-electron chi connectivity index (χ3n) is 3.04. The maximum atomic E-state index is 13.6. The lowest BCUT2D eigenvalue weighted by Crippen LogP contribution is -2.51. The van der Waals surface area contributed by atoms with Crippen molar-refractivity contribution < 1.29 is 32.2 Å². The molecule has 1 aliphatic heterocycles. The second-order valence-electron chi connectivity index (χ2n) is 4.45. The van der Waals surface area contributed by atoms with Crippen LogP contribution in [0.5, 0.6) is 0 Å². The Kier molecular flexibility index (Phi) is 3.76. The van der Waals surface area contributed by atoms with Gasteiger partial charge in [0.1, 0.15) is 4.90 Å². The Hall–Kier alpha value is -1.58. The van der Waals surface area contributed by atoms with E-state index in [9.17, 15) is 22.0 Å². The zero-order chi connectivity index (χ0) is 15.1. The van der Waals surface area contributed by atoms with Crippen LogP contribution in [0.15, 0.2) is 17.0 Å². The van der Waals surface area contributed by atoms with Crippen molar-refractivity contribution in [1.29, 1.82) is 0 Å². The van der Waals surface area contributed by atoms with Crippen LogP contribution in [0.2, 0.25) is 0 Å². The molecular formula is C11H11F2NO5S. The molecule has 0 atom stereocenters. The molecule has 0 saturated carbocycles. The summed E-state index contributed by atoms with van der Waals surface area (Å²) in [5.41, 5.74) is -0.651. The average Bonchev–Trinajstić information content (AvgIpc) is 2.30. The van der Waals surface area contributed by atoms with Crippen LogP contribution in [0, 0.1) is 17.6 Å². The molecule has 0 amide bonds. The highest BCUT2D eigenvalue weighted by molar-refractivity contribution is 7.89. The fourth-order valence-corrected chi connectivity index (χ4v) is 3.54. The molecule has 1 aliphatic rings. The number of aromatic carboxylic acids is 1. The maximum Gasteiger partial charge on any atom is 0.335 e. The van der Waals surface area contributed by atoms with Crippen molar-refractivity contribution in [2.45, 2.75) is 4.90 Å². The molecule has 1 aromatic carbocycles. The van der Waals surface area contributed by atoms with E-state index in [0.717, 1.165) is 4.31 Å². The molecule has 110 valence electrons. The zero-order valence-corrected chi connectivity index (χ0v) is 10.9. The van der Waals surface area contributed by atoms with Crippen LogP contribution in [-0.2, 0) is 10.0 Å². The minimum absolute atomic E-state index is 0.0167. The molecule has 0 aliphatic carbocycles.